The minimum absolute atomic E-state index is 0.352. The van der Waals surface area contributed by atoms with E-state index in [1.807, 2.05) is 6.07 Å². The van der Waals surface area contributed by atoms with E-state index in [1.54, 1.807) is 24.3 Å². The van der Waals surface area contributed by atoms with Crippen LogP contribution in [0.2, 0.25) is 0 Å². The van der Waals surface area contributed by atoms with Crippen LogP contribution in [-0.4, -0.2) is 40.1 Å². The number of piperidine rings is 1. The lowest BCUT2D eigenvalue weighted by molar-refractivity contribution is -0.148. The van der Waals surface area contributed by atoms with Crippen molar-refractivity contribution in [3.05, 3.63) is 35.9 Å². The number of rotatable bonds is 3. The Labute approximate surface area is 111 Å². The van der Waals surface area contributed by atoms with Crippen LogP contribution in [0, 0.1) is 5.92 Å². The first-order valence-corrected chi connectivity index (χ1v) is 6.34. The summed E-state index contributed by atoms with van der Waals surface area (Å²) in [5, 5.41) is 18.9. The SMILES string of the molecule is O=C(O)C1CCN(C(=O)C(O)c2ccccc2)CC1. The molecule has 0 saturated carbocycles. The van der Waals surface area contributed by atoms with Gasteiger partial charge in [-0.05, 0) is 18.4 Å². The summed E-state index contributed by atoms with van der Waals surface area (Å²) in [5.41, 5.74) is 0.563. The molecule has 1 aromatic carbocycles. The molecular weight excluding hydrogens is 246 g/mol. The minimum atomic E-state index is -1.16. The van der Waals surface area contributed by atoms with Crippen LogP contribution in [-0.2, 0) is 9.59 Å². The first-order valence-electron chi connectivity index (χ1n) is 6.34. The Hall–Kier alpha value is -1.88. The van der Waals surface area contributed by atoms with Crippen LogP contribution in [0.4, 0.5) is 0 Å². The topological polar surface area (TPSA) is 77.8 Å². The Kier molecular flexibility index (Phi) is 4.16. The Bertz CT molecular complexity index is 452. The smallest absolute Gasteiger partial charge is 0.306 e. The number of carboxylic acids is 1. The average molecular weight is 263 g/mol. The number of amides is 1. The quantitative estimate of drug-likeness (QED) is 0.854. The van der Waals surface area contributed by atoms with Crippen molar-refractivity contribution in [2.75, 3.05) is 13.1 Å². The molecule has 1 aromatic rings. The third-order valence-corrected chi connectivity index (χ3v) is 3.51. The van der Waals surface area contributed by atoms with E-state index >= 15 is 0 Å². The second-order valence-corrected chi connectivity index (χ2v) is 4.75. The fourth-order valence-corrected chi connectivity index (χ4v) is 2.30. The van der Waals surface area contributed by atoms with Gasteiger partial charge in [-0.2, -0.15) is 0 Å². The van der Waals surface area contributed by atoms with Gasteiger partial charge >= 0.3 is 5.97 Å². The van der Waals surface area contributed by atoms with Crippen LogP contribution in [0.15, 0.2) is 30.3 Å². The highest BCUT2D eigenvalue weighted by Crippen LogP contribution is 2.21. The molecule has 1 heterocycles. The maximum atomic E-state index is 12.1. The van der Waals surface area contributed by atoms with Gasteiger partial charge < -0.3 is 15.1 Å². The summed E-state index contributed by atoms with van der Waals surface area (Å²) in [4.78, 5) is 24.5. The number of hydrogen-bond acceptors (Lipinski definition) is 3. The fourth-order valence-electron chi connectivity index (χ4n) is 2.30. The summed E-state index contributed by atoms with van der Waals surface area (Å²) in [7, 11) is 0. The van der Waals surface area contributed by atoms with Crippen molar-refractivity contribution in [2.45, 2.75) is 18.9 Å². The second-order valence-electron chi connectivity index (χ2n) is 4.75. The summed E-state index contributed by atoms with van der Waals surface area (Å²) in [6.45, 7) is 0.777. The number of carbonyl (C=O) groups is 2. The van der Waals surface area contributed by atoms with Crippen LogP contribution in [0.1, 0.15) is 24.5 Å². The van der Waals surface area contributed by atoms with Crippen LogP contribution in [0.5, 0.6) is 0 Å². The van der Waals surface area contributed by atoms with Crippen LogP contribution >= 0.6 is 0 Å². The number of hydrogen-bond donors (Lipinski definition) is 2. The normalized spacial score (nSPS) is 18.1. The molecule has 1 atom stereocenters. The molecule has 2 rings (SSSR count). The van der Waals surface area contributed by atoms with E-state index in [-0.39, 0.29) is 11.8 Å². The Morgan fingerprint density at radius 1 is 1.16 bits per heavy atom. The molecule has 0 spiro atoms. The summed E-state index contributed by atoms with van der Waals surface area (Å²) in [6, 6.07) is 8.75. The standard InChI is InChI=1S/C14H17NO4/c16-12(10-4-2-1-3-5-10)13(17)15-8-6-11(7-9-15)14(18)19/h1-5,11-12,16H,6-9H2,(H,18,19). The summed E-state index contributed by atoms with van der Waals surface area (Å²) in [6.07, 6.45) is -0.270. The molecule has 1 unspecified atom stereocenters. The first-order chi connectivity index (χ1) is 9.09. The maximum Gasteiger partial charge on any atom is 0.306 e. The van der Waals surface area contributed by atoms with Gasteiger partial charge in [0.25, 0.3) is 5.91 Å². The highest BCUT2D eigenvalue weighted by Gasteiger charge is 2.30. The van der Waals surface area contributed by atoms with E-state index in [2.05, 4.69) is 0 Å². The molecule has 5 heteroatoms. The molecule has 0 aromatic heterocycles. The van der Waals surface area contributed by atoms with Crippen molar-refractivity contribution in [1.82, 2.24) is 4.90 Å². The van der Waals surface area contributed by atoms with E-state index in [4.69, 9.17) is 5.11 Å². The summed E-state index contributed by atoms with van der Waals surface area (Å²) in [5.74, 6) is -1.54. The number of aliphatic hydroxyl groups excluding tert-OH is 1. The van der Waals surface area contributed by atoms with E-state index in [9.17, 15) is 14.7 Å². The molecule has 1 fully saturated rings. The second kappa shape index (κ2) is 5.84. The molecule has 1 aliphatic rings. The van der Waals surface area contributed by atoms with Crippen molar-refractivity contribution in [3.8, 4) is 0 Å². The third kappa shape index (κ3) is 3.12. The van der Waals surface area contributed by atoms with Gasteiger partial charge in [0.15, 0.2) is 6.10 Å². The highest BCUT2D eigenvalue weighted by atomic mass is 16.4. The molecule has 0 bridgehead atoms. The van der Waals surface area contributed by atoms with E-state index in [0.29, 0.717) is 31.5 Å². The van der Waals surface area contributed by atoms with E-state index in [0.717, 1.165) is 0 Å². The predicted molar refractivity (Wildman–Crippen MR) is 68.3 cm³/mol. The molecule has 2 N–H and O–H groups in total. The number of carboxylic acid groups (broad SMARTS) is 1. The fraction of sp³-hybridized carbons (Fsp3) is 0.429. The number of aliphatic hydroxyl groups is 1. The van der Waals surface area contributed by atoms with Gasteiger partial charge in [0.05, 0.1) is 5.92 Å². The van der Waals surface area contributed by atoms with Gasteiger partial charge in [0.2, 0.25) is 0 Å². The molecule has 1 amide bonds. The molecule has 5 nitrogen and oxygen atoms in total. The number of aliphatic carboxylic acids is 1. The molecule has 1 aliphatic heterocycles. The van der Waals surface area contributed by atoms with Crippen molar-refractivity contribution in [1.29, 1.82) is 0 Å². The largest absolute Gasteiger partial charge is 0.481 e. The third-order valence-electron chi connectivity index (χ3n) is 3.51. The first kappa shape index (κ1) is 13.5. The molecule has 0 aliphatic carbocycles. The average Bonchev–Trinajstić information content (AvgIpc) is 2.46. The lowest BCUT2D eigenvalue weighted by Crippen LogP contribution is -2.42. The van der Waals surface area contributed by atoms with Crippen LogP contribution in [0.25, 0.3) is 0 Å². The zero-order chi connectivity index (χ0) is 13.8. The summed E-state index contributed by atoms with van der Waals surface area (Å²) < 4.78 is 0. The zero-order valence-electron chi connectivity index (χ0n) is 10.5. The number of likely N-dealkylation sites (tertiary alicyclic amines) is 1. The molecule has 1 saturated heterocycles. The van der Waals surface area contributed by atoms with Gasteiger partial charge in [-0.15, -0.1) is 0 Å². The minimum Gasteiger partial charge on any atom is -0.481 e. The summed E-state index contributed by atoms with van der Waals surface area (Å²) >= 11 is 0. The van der Waals surface area contributed by atoms with Crippen LogP contribution < -0.4 is 0 Å². The molecule has 19 heavy (non-hydrogen) atoms. The highest BCUT2D eigenvalue weighted by molar-refractivity contribution is 5.82. The number of carbonyl (C=O) groups excluding carboxylic acids is 1. The zero-order valence-corrected chi connectivity index (χ0v) is 10.5. The van der Waals surface area contributed by atoms with Gasteiger partial charge in [-0.25, -0.2) is 0 Å². The van der Waals surface area contributed by atoms with Crippen molar-refractivity contribution < 1.29 is 19.8 Å². The van der Waals surface area contributed by atoms with Gasteiger partial charge in [0.1, 0.15) is 0 Å². The van der Waals surface area contributed by atoms with E-state index < -0.39 is 12.1 Å². The molecule has 0 radical (unpaired) electrons. The van der Waals surface area contributed by atoms with Gasteiger partial charge in [-0.3, -0.25) is 9.59 Å². The predicted octanol–water partition coefficient (Wildman–Crippen LogP) is 1.04. The van der Waals surface area contributed by atoms with Crippen LogP contribution in [0.3, 0.4) is 0 Å². The Balaban J connectivity index is 1.96. The Morgan fingerprint density at radius 3 is 2.26 bits per heavy atom. The van der Waals surface area contributed by atoms with E-state index in [1.165, 1.54) is 4.90 Å². The van der Waals surface area contributed by atoms with Gasteiger partial charge in [0, 0.05) is 13.1 Å². The number of benzene rings is 1. The molecule has 102 valence electrons. The lowest BCUT2D eigenvalue weighted by atomic mass is 9.96. The van der Waals surface area contributed by atoms with Crippen molar-refractivity contribution in [2.24, 2.45) is 5.92 Å². The maximum absolute atomic E-state index is 12.1. The molecular formula is C14H17NO4. The monoisotopic (exact) mass is 263 g/mol. The lowest BCUT2D eigenvalue weighted by Gasteiger charge is -2.31. The van der Waals surface area contributed by atoms with Gasteiger partial charge in [-0.1, -0.05) is 30.3 Å². The Morgan fingerprint density at radius 2 is 1.74 bits per heavy atom. The van der Waals surface area contributed by atoms with Crippen molar-refractivity contribution in [3.63, 3.8) is 0 Å². The number of nitrogens with zero attached hydrogens (tertiary/aromatic N) is 1. The van der Waals surface area contributed by atoms with Crippen molar-refractivity contribution >= 4 is 11.9 Å².